The molecule has 0 radical (unpaired) electrons. The topological polar surface area (TPSA) is 37.8 Å². The fourth-order valence-corrected chi connectivity index (χ4v) is 2.29. The first-order chi connectivity index (χ1) is 8.28. The van der Waals surface area contributed by atoms with E-state index in [1.165, 1.54) is 19.3 Å². The fourth-order valence-electron chi connectivity index (χ4n) is 1.48. The molecule has 0 saturated heterocycles. The standard InChI is InChI=1S/C13H21N3S/c1-3-10(2)17-9-13-14-7-6-12(16-13)8-15-11-4-5-11/h6-7,10-11,15H,3-5,8-9H2,1-2H3. The predicted molar refractivity (Wildman–Crippen MR) is 72.9 cm³/mol. The molecular formula is C13H21N3S. The Bertz CT molecular complexity index is 352. The van der Waals surface area contributed by atoms with Gasteiger partial charge in [-0.05, 0) is 25.3 Å². The lowest BCUT2D eigenvalue weighted by Gasteiger charge is -2.08. The van der Waals surface area contributed by atoms with Crippen molar-refractivity contribution in [3.63, 3.8) is 0 Å². The molecule has 4 heteroatoms. The first kappa shape index (κ1) is 12.8. The van der Waals surface area contributed by atoms with E-state index in [4.69, 9.17) is 0 Å². The number of thioether (sulfide) groups is 1. The van der Waals surface area contributed by atoms with Crippen molar-refractivity contribution in [2.45, 2.75) is 56.7 Å². The van der Waals surface area contributed by atoms with Crippen molar-refractivity contribution in [1.82, 2.24) is 15.3 Å². The molecule has 1 saturated carbocycles. The van der Waals surface area contributed by atoms with Crippen molar-refractivity contribution in [2.75, 3.05) is 0 Å². The first-order valence-corrected chi connectivity index (χ1v) is 7.48. The Labute approximate surface area is 108 Å². The van der Waals surface area contributed by atoms with Gasteiger partial charge in [-0.1, -0.05) is 13.8 Å². The first-order valence-electron chi connectivity index (χ1n) is 6.43. The quantitative estimate of drug-likeness (QED) is 0.808. The van der Waals surface area contributed by atoms with Gasteiger partial charge in [-0.15, -0.1) is 0 Å². The van der Waals surface area contributed by atoms with E-state index < -0.39 is 0 Å². The van der Waals surface area contributed by atoms with Crippen LogP contribution in [-0.4, -0.2) is 21.3 Å². The van der Waals surface area contributed by atoms with E-state index in [1.807, 2.05) is 24.0 Å². The van der Waals surface area contributed by atoms with E-state index in [2.05, 4.69) is 29.1 Å². The highest BCUT2D eigenvalue weighted by Crippen LogP contribution is 2.19. The van der Waals surface area contributed by atoms with Crippen LogP contribution in [0.3, 0.4) is 0 Å². The van der Waals surface area contributed by atoms with Crippen LogP contribution in [0.2, 0.25) is 0 Å². The number of aromatic nitrogens is 2. The molecule has 2 rings (SSSR count). The molecule has 1 fully saturated rings. The van der Waals surface area contributed by atoms with Crippen LogP contribution in [0.25, 0.3) is 0 Å². The molecule has 0 aromatic carbocycles. The lowest BCUT2D eigenvalue weighted by atomic mass is 10.4. The Hall–Kier alpha value is -0.610. The SMILES string of the molecule is CCC(C)SCc1nccc(CNC2CC2)n1. The van der Waals surface area contributed by atoms with Crippen molar-refractivity contribution in [3.8, 4) is 0 Å². The third-order valence-electron chi connectivity index (χ3n) is 2.98. The van der Waals surface area contributed by atoms with Crippen molar-refractivity contribution in [3.05, 3.63) is 23.8 Å². The van der Waals surface area contributed by atoms with Crippen molar-refractivity contribution < 1.29 is 0 Å². The normalized spacial score (nSPS) is 17.1. The number of hydrogen-bond acceptors (Lipinski definition) is 4. The van der Waals surface area contributed by atoms with Crippen molar-refractivity contribution in [2.24, 2.45) is 0 Å². The van der Waals surface area contributed by atoms with E-state index in [1.54, 1.807) is 0 Å². The number of nitrogens with one attached hydrogen (secondary N) is 1. The molecule has 1 aliphatic carbocycles. The minimum Gasteiger partial charge on any atom is -0.308 e. The number of nitrogens with zero attached hydrogens (tertiary/aromatic N) is 2. The maximum atomic E-state index is 4.58. The van der Waals surface area contributed by atoms with Crippen LogP contribution in [-0.2, 0) is 12.3 Å². The zero-order chi connectivity index (χ0) is 12.1. The van der Waals surface area contributed by atoms with Gasteiger partial charge in [0.25, 0.3) is 0 Å². The average molecular weight is 251 g/mol. The third kappa shape index (κ3) is 4.64. The van der Waals surface area contributed by atoms with Crippen LogP contribution < -0.4 is 5.32 Å². The fraction of sp³-hybridized carbons (Fsp3) is 0.692. The lowest BCUT2D eigenvalue weighted by molar-refractivity contribution is 0.669. The van der Waals surface area contributed by atoms with E-state index in [9.17, 15) is 0 Å². The minimum absolute atomic E-state index is 0.687. The van der Waals surface area contributed by atoms with Gasteiger partial charge in [-0.25, -0.2) is 9.97 Å². The van der Waals surface area contributed by atoms with E-state index in [-0.39, 0.29) is 0 Å². The molecule has 1 N–H and O–H groups in total. The molecular weight excluding hydrogens is 230 g/mol. The summed E-state index contributed by atoms with van der Waals surface area (Å²) < 4.78 is 0. The second-order valence-corrected chi connectivity index (χ2v) is 6.08. The highest BCUT2D eigenvalue weighted by molar-refractivity contribution is 7.99. The van der Waals surface area contributed by atoms with Gasteiger partial charge in [0.2, 0.25) is 0 Å². The van der Waals surface area contributed by atoms with Crippen molar-refractivity contribution in [1.29, 1.82) is 0 Å². The van der Waals surface area contributed by atoms with E-state index >= 15 is 0 Å². The van der Waals surface area contributed by atoms with Gasteiger partial charge in [0.15, 0.2) is 0 Å². The summed E-state index contributed by atoms with van der Waals surface area (Å²) in [5.41, 5.74) is 1.12. The van der Waals surface area contributed by atoms with Crippen LogP contribution >= 0.6 is 11.8 Å². The molecule has 1 unspecified atom stereocenters. The van der Waals surface area contributed by atoms with Crippen molar-refractivity contribution >= 4 is 11.8 Å². The van der Waals surface area contributed by atoms with Gasteiger partial charge in [-0.3, -0.25) is 0 Å². The largest absolute Gasteiger partial charge is 0.308 e. The van der Waals surface area contributed by atoms with Gasteiger partial charge in [0, 0.05) is 24.0 Å². The van der Waals surface area contributed by atoms with Crippen LogP contribution in [0.15, 0.2) is 12.3 Å². The minimum atomic E-state index is 0.687. The molecule has 0 amide bonds. The Morgan fingerprint density at radius 1 is 1.53 bits per heavy atom. The zero-order valence-corrected chi connectivity index (χ0v) is 11.5. The molecule has 1 aromatic rings. The monoisotopic (exact) mass is 251 g/mol. The smallest absolute Gasteiger partial charge is 0.138 e. The molecule has 94 valence electrons. The molecule has 3 nitrogen and oxygen atoms in total. The Morgan fingerprint density at radius 2 is 2.35 bits per heavy atom. The highest BCUT2D eigenvalue weighted by atomic mass is 32.2. The summed E-state index contributed by atoms with van der Waals surface area (Å²) >= 11 is 1.93. The zero-order valence-electron chi connectivity index (χ0n) is 10.6. The Balaban J connectivity index is 1.82. The molecule has 0 spiro atoms. The van der Waals surface area contributed by atoms with E-state index in [0.29, 0.717) is 5.25 Å². The van der Waals surface area contributed by atoms with Crippen LogP contribution in [0.4, 0.5) is 0 Å². The second kappa shape index (κ2) is 6.36. The highest BCUT2D eigenvalue weighted by Gasteiger charge is 2.20. The summed E-state index contributed by atoms with van der Waals surface area (Å²) in [7, 11) is 0. The molecule has 1 aliphatic rings. The summed E-state index contributed by atoms with van der Waals surface area (Å²) in [5.74, 6) is 1.89. The average Bonchev–Trinajstić information content (AvgIpc) is 3.18. The van der Waals surface area contributed by atoms with Gasteiger partial charge >= 0.3 is 0 Å². The molecule has 17 heavy (non-hydrogen) atoms. The maximum absolute atomic E-state index is 4.58. The van der Waals surface area contributed by atoms with Crippen LogP contribution in [0.1, 0.15) is 44.6 Å². The van der Waals surface area contributed by atoms with Gasteiger partial charge in [0.05, 0.1) is 11.4 Å². The molecule has 1 aromatic heterocycles. The molecule has 0 bridgehead atoms. The Kier molecular flexibility index (Phi) is 4.80. The number of rotatable bonds is 7. The van der Waals surface area contributed by atoms with Crippen LogP contribution in [0, 0.1) is 0 Å². The summed E-state index contributed by atoms with van der Waals surface area (Å²) in [6, 6.07) is 2.75. The summed E-state index contributed by atoms with van der Waals surface area (Å²) in [6.07, 6.45) is 5.72. The molecule has 0 aliphatic heterocycles. The maximum Gasteiger partial charge on any atom is 0.138 e. The van der Waals surface area contributed by atoms with E-state index in [0.717, 1.165) is 29.9 Å². The lowest BCUT2D eigenvalue weighted by Crippen LogP contribution is -2.16. The van der Waals surface area contributed by atoms with Gasteiger partial charge in [-0.2, -0.15) is 11.8 Å². The number of hydrogen-bond donors (Lipinski definition) is 1. The second-order valence-electron chi connectivity index (χ2n) is 4.65. The molecule has 1 atom stereocenters. The molecule has 1 heterocycles. The summed E-state index contributed by atoms with van der Waals surface area (Å²) in [6.45, 7) is 5.35. The summed E-state index contributed by atoms with van der Waals surface area (Å²) in [5, 5.41) is 4.17. The van der Waals surface area contributed by atoms with Gasteiger partial charge < -0.3 is 5.32 Å². The third-order valence-corrected chi connectivity index (χ3v) is 4.31. The predicted octanol–water partition coefficient (Wildman–Crippen LogP) is 2.76. The Morgan fingerprint density at radius 3 is 3.06 bits per heavy atom. The van der Waals surface area contributed by atoms with Crippen LogP contribution in [0.5, 0.6) is 0 Å². The summed E-state index contributed by atoms with van der Waals surface area (Å²) in [4.78, 5) is 8.91. The van der Waals surface area contributed by atoms with Gasteiger partial charge in [0.1, 0.15) is 5.82 Å².